The van der Waals surface area contributed by atoms with Gasteiger partial charge in [-0.1, -0.05) is 0 Å². The van der Waals surface area contributed by atoms with Gasteiger partial charge in [-0.3, -0.25) is 4.79 Å². The van der Waals surface area contributed by atoms with Gasteiger partial charge in [-0.2, -0.15) is 0 Å². The van der Waals surface area contributed by atoms with Crippen LogP contribution in [0, 0.1) is 0 Å². The molecule has 0 unspecified atom stereocenters. The van der Waals surface area contributed by atoms with Gasteiger partial charge >= 0.3 is 0 Å². The predicted octanol–water partition coefficient (Wildman–Crippen LogP) is 0.445. The lowest BCUT2D eigenvalue weighted by Crippen LogP contribution is -2.21. The van der Waals surface area contributed by atoms with Gasteiger partial charge in [0.1, 0.15) is 6.04 Å². The van der Waals surface area contributed by atoms with E-state index >= 15 is 0 Å². The van der Waals surface area contributed by atoms with E-state index in [9.17, 15) is 9.28 Å². The Morgan fingerprint density at radius 2 is 2.50 bits per heavy atom. The van der Waals surface area contributed by atoms with Gasteiger partial charge < -0.3 is 0 Å². The summed E-state index contributed by atoms with van der Waals surface area (Å²) in [7, 11) is 0. The molecule has 1 radical (unpaired) electrons. The molecule has 0 N–H and O–H groups in total. The predicted molar refractivity (Wildman–Crippen MR) is 26.5 cm³/mol. The summed E-state index contributed by atoms with van der Waals surface area (Å²) < 4.78 is 12.2. The largest absolute Gasteiger partial charge is 0.289 e. The molecule has 1 rings (SSSR count). The Kier molecular flexibility index (Phi) is 1.58. The van der Waals surface area contributed by atoms with Crippen LogP contribution in [0.15, 0.2) is 0 Å². The Balaban J connectivity index is 2.41. The molecule has 1 atom stereocenters. The van der Waals surface area contributed by atoms with Crippen molar-refractivity contribution in [3.8, 4) is 0 Å². The second-order valence-electron chi connectivity index (χ2n) is 1.90. The molecule has 3 heteroatoms. The first-order valence-corrected chi connectivity index (χ1v) is 2.64. The van der Waals surface area contributed by atoms with Gasteiger partial charge in [0, 0.05) is 6.54 Å². The average Bonchev–Trinajstić information content (AvgIpc) is 2.14. The summed E-state index contributed by atoms with van der Waals surface area (Å²) in [5.74, 6) is 0. The van der Waals surface area contributed by atoms with Crippen molar-refractivity contribution in [3.05, 3.63) is 0 Å². The van der Waals surface area contributed by atoms with Crippen LogP contribution in [0.4, 0.5) is 4.48 Å². The Morgan fingerprint density at radius 1 is 1.75 bits per heavy atom. The lowest BCUT2D eigenvalue weighted by Gasteiger charge is -2.03. The molecule has 2 nitrogen and oxygen atoms in total. The zero-order valence-corrected chi connectivity index (χ0v) is 4.43. The minimum absolute atomic E-state index is 0.389. The third-order valence-electron chi connectivity index (χ3n) is 1.32. The first kappa shape index (κ1) is 5.69. The Hall–Kier alpha value is -0.440. The highest BCUT2D eigenvalue weighted by Gasteiger charge is 2.23. The van der Waals surface area contributed by atoms with Crippen molar-refractivity contribution in [1.29, 1.82) is 0 Å². The molecule has 0 aromatic rings. The summed E-state index contributed by atoms with van der Waals surface area (Å²) in [6.07, 6.45) is 3.01. The van der Waals surface area contributed by atoms with Crippen LogP contribution in [0.3, 0.4) is 0 Å². The molecule has 0 aliphatic carbocycles. The van der Waals surface area contributed by atoms with Gasteiger partial charge in [0.2, 0.25) is 6.29 Å². The summed E-state index contributed by atoms with van der Waals surface area (Å²) >= 11 is 0. The molecule has 1 aliphatic rings. The number of halogens is 1. The van der Waals surface area contributed by atoms with Gasteiger partial charge in [-0.15, -0.1) is 9.60 Å². The third-order valence-corrected chi connectivity index (χ3v) is 1.32. The van der Waals surface area contributed by atoms with Crippen LogP contribution in [0.2, 0.25) is 0 Å². The van der Waals surface area contributed by atoms with Gasteiger partial charge in [0.05, 0.1) is 0 Å². The van der Waals surface area contributed by atoms with Crippen LogP contribution in [0.5, 0.6) is 0 Å². The number of hydrogen-bond acceptors (Lipinski definition) is 2. The molecule has 8 heavy (non-hydrogen) atoms. The second kappa shape index (κ2) is 2.22. The normalized spacial score (nSPS) is 30.9. The first-order chi connectivity index (χ1) is 3.84. The van der Waals surface area contributed by atoms with E-state index in [-0.39, 0.29) is 0 Å². The highest BCUT2D eigenvalue weighted by molar-refractivity contribution is 5.58. The average molecular weight is 116 g/mol. The fraction of sp³-hybridized carbons (Fsp3) is 0.800. The maximum absolute atomic E-state index is 12.2. The van der Waals surface area contributed by atoms with Crippen molar-refractivity contribution in [2.45, 2.75) is 18.9 Å². The van der Waals surface area contributed by atoms with Crippen LogP contribution in [-0.2, 0) is 4.79 Å². The highest BCUT2D eigenvalue weighted by atomic mass is 19.2. The quantitative estimate of drug-likeness (QED) is 0.463. The van der Waals surface area contributed by atoms with E-state index in [1.807, 2.05) is 0 Å². The van der Waals surface area contributed by atoms with E-state index in [1.165, 1.54) is 0 Å². The molecular weight excluding hydrogens is 109 g/mol. The summed E-state index contributed by atoms with van der Waals surface area (Å²) in [6.45, 7) is 0.389. The monoisotopic (exact) mass is 116 g/mol. The van der Waals surface area contributed by atoms with Crippen molar-refractivity contribution < 1.29 is 9.28 Å². The van der Waals surface area contributed by atoms with Crippen molar-refractivity contribution in [1.82, 2.24) is 5.12 Å². The van der Waals surface area contributed by atoms with Crippen molar-refractivity contribution in [2.24, 2.45) is 0 Å². The Morgan fingerprint density at radius 3 is 2.75 bits per heavy atom. The zero-order chi connectivity index (χ0) is 5.98. The maximum atomic E-state index is 12.2. The van der Waals surface area contributed by atoms with E-state index < -0.39 is 6.04 Å². The zero-order valence-electron chi connectivity index (χ0n) is 4.43. The molecule has 0 amide bonds. The summed E-state index contributed by atoms with van der Waals surface area (Å²) in [4.78, 5) is 9.81. The number of hydrogen-bond donors (Lipinski definition) is 0. The van der Waals surface area contributed by atoms with E-state index in [0.717, 1.165) is 6.42 Å². The smallest absolute Gasteiger partial charge is 0.219 e. The Labute approximate surface area is 47.2 Å². The molecule has 1 heterocycles. The molecule has 0 spiro atoms. The Bertz CT molecular complexity index is 96.4. The number of nitrogens with zero attached hydrogens (tertiary/aromatic N) is 1. The van der Waals surface area contributed by atoms with Crippen LogP contribution < -0.4 is 0 Å². The topological polar surface area (TPSA) is 20.3 Å². The third kappa shape index (κ3) is 0.865. The van der Waals surface area contributed by atoms with Crippen molar-refractivity contribution in [3.63, 3.8) is 0 Å². The lowest BCUT2D eigenvalue weighted by atomic mass is 10.2. The summed E-state index contributed by atoms with van der Waals surface area (Å²) in [5, 5.41) is 0.535. The molecule has 0 saturated carbocycles. The van der Waals surface area contributed by atoms with Crippen molar-refractivity contribution >= 4 is 6.29 Å². The molecule has 1 saturated heterocycles. The van der Waals surface area contributed by atoms with Gasteiger partial charge in [-0.25, -0.2) is 0 Å². The summed E-state index contributed by atoms with van der Waals surface area (Å²) in [5.41, 5.74) is 0. The number of rotatable bonds is 1. The summed E-state index contributed by atoms with van der Waals surface area (Å²) in [6, 6.07) is -0.574. The first-order valence-electron chi connectivity index (χ1n) is 2.64. The van der Waals surface area contributed by atoms with E-state index in [4.69, 9.17) is 0 Å². The molecule has 0 bridgehead atoms. The fourth-order valence-electron chi connectivity index (χ4n) is 0.848. The molecule has 0 aromatic carbocycles. The minimum atomic E-state index is -0.574. The standard InChI is InChI=1S/C5H7FNO/c6-7-3-1-2-5(7)4-8/h5H,1-3H2/t5-/m0/s1. The van der Waals surface area contributed by atoms with Crippen LogP contribution in [-0.4, -0.2) is 24.0 Å². The lowest BCUT2D eigenvalue weighted by molar-refractivity contribution is 0.0354. The molecule has 45 valence electrons. The SMILES string of the molecule is O=[C][C@@H]1CCCN1F. The van der Waals surface area contributed by atoms with Crippen LogP contribution in [0.1, 0.15) is 12.8 Å². The molecular formula is C5H7FNO. The van der Waals surface area contributed by atoms with Gasteiger partial charge in [-0.05, 0) is 12.8 Å². The molecule has 1 fully saturated rings. The highest BCUT2D eigenvalue weighted by Crippen LogP contribution is 2.14. The van der Waals surface area contributed by atoms with E-state index in [0.29, 0.717) is 18.1 Å². The van der Waals surface area contributed by atoms with Crippen LogP contribution in [0.25, 0.3) is 0 Å². The maximum Gasteiger partial charge on any atom is 0.219 e. The molecule has 0 aromatic heterocycles. The number of carbonyl (C=O) groups excluding carboxylic acids is 1. The fourth-order valence-corrected chi connectivity index (χ4v) is 0.848. The van der Waals surface area contributed by atoms with E-state index in [2.05, 4.69) is 0 Å². The second-order valence-corrected chi connectivity index (χ2v) is 1.90. The van der Waals surface area contributed by atoms with Gasteiger partial charge in [0.15, 0.2) is 0 Å². The van der Waals surface area contributed by atoms with Gasteiger partial charge in [0.25, 0.3) is 0 Å². The van der Waals surface area contributed by atoms with Crippen molar-refractivity contribution in [2.75, 3.05) is 6.54 Å². The van der Waals surface area contributed by atoms with Crippen LogP contribution >= 0.6 is 0 Å². The molecule has 1 aliphatic heterocycles. The van der Waals surface area contributed by atoms with E-state index in [1.54, 1.807) is 6.29 Å². The minimum Gasteiger partial charge on any atom is -0.289 e.